The lowest BCUT2D eigenvalue weighted by atomic mass is 10.2. The summed E-state index contributed by atoms with van der Waals surface area (Å²) in [4.78, 5) is 15.8. The number of rotatable bonds is 2. The summed E-state index contributed by atoms with van der Waals surface area (Å²) in [6.45, 7) is 0. The van der Waals surface area contributed by atoms with Crippen LogP contribution in [0, 0.1) is 11.3 Å². The van der Waals surface area contributed by atoms with Crippen LogP contribution in [0.5, 0.6) is 0 Å². The standard InChI is InChI=1S/C13H9ClN4O/c14-10-4-3-8(7-15)6-11(10)18-13(19)9-2-1-5-17-12(9)16/h1-6H,(H2,16,17)(H,18,19). The molecule has 0 spiro atoms. The van der Waals surface area contributed by atoms with E-state index >= 15 is 0 Å². The van der Waals surface area contributed by atoms with E-state index in [9.17, 15) is 4.79 Å². The highest BCUT2D eigenvalue weighted by Gasteiger charge is 2.12. The first-order valence-corrected chi connectivity index (χ1v) is 5.71. The van der Waals surface area contributed by atoms with Gasteiger partial charge in [0.25, 0.3) is 5.91 Å². The maximum Gasteiger partial charge on any atom is 0.259 e. The Labute approximate surface area is 114 Å². The molecule has 1 aromatic carbocycles. The quantitative estimate of drug-likeness (QED) is 0.878. The van der Waals surface area contributed by atoms with Gasteiger partial charge in [0.1, 0.15) is 5.82 Å². The van der Waals surface area contributed by atoms with Crippen molar-refractivity contribution in [3.63, 3.8) is 0 Å². The fourth-order valence-electron chi connectivity index (χ4n) is 1.49. The van der Waals surface area contributed by atoms with Gasteiger partial charge in [-0.05, 0) is 30.3 Å². The van der Waals surface area contributed by atoms with Gasteiger partial charge in [-0.25, -0.2) is 4.98 Å². The number of anilines is 2. The molecule has 2 rings (SSSR count). The maximum atomic E-state index is 12.0. The van der Waals surface area contributed by atoms with Crippen molar-refractivity contribution in [2.24, 2.45) is 0 Å². The van der Waals surface area contributed by atoms with E-state index in [2.05, 4.69) is 10.3 Å². The predicted molar refractivity (Wildman–Crippen MR) is 72.8 cm³/mol. The van der Waals surface area contributed by atoms with E-state index in [1.165, 1.54) is 12.3 Å². The van der Waals surface area contributed by atoms with Crippen LogP contribution < -0.4 is 11.1 Å². The Morgan fingerprint density at radius 2 is 2.21 bits per heavy atom. The molecule has 0 saturated heterocycles. The van der Waals surface area contributed by atoms with E-state index in [1.54, 1.807) is 24.3 Å². The zero-order chi connectivity index (χ0) is 13.8. The lowest BCUT2D eigenvalue weighted by Crippen LogP contribution is -2.15. The molecule has 0 aliphatic heterocycles. The molecular weight excluding hydrogens is 264 g/mol. The fourth-order valence-corrected chi connectivity index (χ4v) is 1.65. The number of amides is 1. The Hall–Kier alpha value is -2.58. The van der Waals surface area contributed by atoms with Crippen LogP contribution in [0.1, 0.15) is 15.9 Å². The number of nitrogens with one attached hydrogen (secondary N) is 1. The number of aromatic nitrogens is 1. The van der Waals surface area contributed by atoms with Crippen molar-refractivity contribution >= 4 is 29.0 Å². The minimum absolute atomic E-state index is 0.132. The highest BCUT2D eigenvalue weighted by Crippen LogP contribution is 2.23. The van der Waals surface area contributed by atoms with Gasteiger partial charge in [-0.1, -0.05) is 11.6 Å². The molecule has 2 aromatic rings. The average Bonchev–Trinajstić information content (AvgIpc) is 2.41. The van der Waals surface area contributed by atoms with E-state index in [0.717, 1.165) is 0 Å². The van der Waals surface area contributed by atoms with Crippen molar-refractivity contribution < 1.29 is 4.79 Å². The Morgan fingerprint density at radius 1 is 1.42 bits per heavy atom. The van der Waals surface area contributed by atoms with Crippen molar-refractivity contribution in [3.05, 3.63) is 52.7 Å². The van der Waals surface area contributed by atoms with Crippen LogP contribution in [0.4, 0.5) is 11.5 Å². The van der Waals surface area contributed by atoms with Gasteiger partial charge in [-0.15, -0.1) is 0 Å². The number of hydrogen-bond donors (Lipinski definition) is 2. The molecule has 0 bridgehead atoms. The van der Waals surface area contributed by atoms with E-state index < -0.39 is 5.91 Å². The third-order valence-electron chi connectivity index (χ3n) is 2.43. The van der Waals surface area contributed by atoms with Crippen LogP contribution in [-0.2, 0) is 0 Å². The smallest absolute Gasteiger partial charge is 0.259 e. The number of carbonyl (C=O) groups is 1. The first kappa shape index (κ1) is 12.9. The summed E-state index contributed by atoms with van der Waals surface area (Å²) in [5.41, 5.74) is 6.62. The molecule has 94 valence electrons. The highest BCUT2D eigenvalue weighted by molar-refractivity contribution is 6.34. The summed E-state index contributed by atoms with van der Waals surface area (Å²) in [6, 6.07) is 9.74. The Morgan fingerprint density at radius 3 is 2.89 bits per heavy atom. The summed E-state index contributed by atoms with van der Waals surface area (Å²) in [5.74, 6) is -0.296. The van der Waals surface area contributed by atoms with Gasteiger partial charge >= 0.3 is 0 Å². The summed E-state index contributed by atoms with van der Waals surface area (Å²) >= 11 is 5.95. The highest BCUT2D eigenvalue weighted by atomic mass is 35.5. The predicted octanol–water partition coefficient (Wildman–Crippen LogP) is 2.44. The third kappa shape index (κ3) is 2.81. The Kier molecular flexibility index (Phi) is 3.64. The second-order valence-electron chi connectivity index (χ2n) is 3.70. The van der Waals surface area contributed by atoms with Crippen molar-refractivity contribution in [3.8, 4) is 6.07 Å². The van der Waals surface area contributed by atoms with Gasteiger partial charge in [-0.2, -0.15) is 5.26 Å². The molecule has 5 nitrogen and oxygen atoms in total. The van der Waals surface area contributed by atoms with E-state index in [-0.39, 0.29) is 11.4 Å². The number of nitrogen functional groups attached to an aromatic ring is 1. The van der Waals surface area contributed by atoms with Crippen molar-refractivity contribution in [1.82, 2.24) is 4.98 Å². The first-order valence-electron chi connectivity index (χ1n) is 5.33. The number of benzene rings is 1. The van der Waals surface area contributed by atoms with Crippen LogP contribution in [0.25, 0.3) is 0 Å². The van der Waals surface area contributed by atoms with E-state index in [4.69, 9.17) is 22.6 Å². The molecule has 0 atom stereocenters. The summed E-state index contributed by atoms with van der Waals surface area (Å²) in [7, 11) is 0. The number of hydrogen-bond acceptors (Lipinski definition) is 4. The molecule has 1 heterocycles. The molecule has 0 saturated carbocycles. The van der Waals surface area contributed by atoms with Crippen molar-refractivity contribution in [1.29, 1.82) is 5.26 Å². The second-order valence-corrected chi connectivity index (χ2v) is 4.10. The molecule has 1 amide bonds. The monoisotopic (exact) mass is 272 g/mol. The minimum Gasteiger partial charge on any atom is -0.383 e. The molecule has 0 fully saturated rings. The summed E-state index contributed by atoms with van der Waals surface area (Å²) in [5, 5.41) is 11.8. The molecule has 0 unspecified atom stereocenters. The molecule has 1 aromatic heterocycles. The maximum absolute atomic E-state index is 12.0. The van der Waals surface area contributed by atoms with Gasteiger partial charge in [0.05, 0.1) is 27.9 Å². The fraction of sp³-hybridized carbons (Fsp3) is 0. The van der Waals surface area contributed by atoms with E-state index in [0.29, 0.717) is 16.3 Å². The Balaban J connectivity index is 2.30. The van der Waals surface area contributed by atoms with E-state index in [1.807, 2.05) is 6.07 Å². The topological polar surface area (TPSA) is 91.8 Å². The molecule has 0 aliphatic rings. The van der Waals surface area contributed by atoms with Gasteiger partial charge in [0.2, 0.25) is 0 Å². The van der Waals surface area contributed by atoms with Gasteiger partial charge in [0.15, 0.2) is 0 Å². The van der Waals surface area contributed by atoms with Gasteiger partial charge in [-0.3, -0.25) is 4.79 Å². The third-order valence-corrected chi connectivity index (χ3v) is 2.76. The molecule has 0 radical (unpaired) electrons. The number of halogens is 1. The molecular formula is C13H9ClN4O. The zero-order valence-electron chi connectivity index (χ0n) is 9.72. The zero-order valence-corrected chi connectivity index (χ0v) is 10.5. The number of nitrogens with two attached hydrogens (primary N) is 1. The second kappa shape index (κ2) is 5.38. The Bertz CT molecular complexity index is 679. The largest absolute Gasteiger partial charge is 0.383 e. The lowest BCUT2D eigenvalue weighted by Gasteiger charge is -2.08. The summed E-state index contributed by atoms with van der Waals surface area (Å²) < 4.78 is 0. The number of pyridine rings is 1. The van der Waals surface area contributed by atoms with Gasteiger partial charge in [0, 0.05) is 6.20 Å². The lowest BCUT2D eigenvalue weighted by molar-refractivity contribution is 0.102. The van der Waals surface area contributed by atoms with Gasteiger partial charge < -0.3 is 11.1 Å². The minimum atomic E-state index is -0.428. The number of carbonyl (C=O) groups excluding carboxylic acids is 1. The molecule has 19 heavy (non-hydrogen) atoms. The van der Waals surface area contributed by atoms with Crippen molar-refractivity contribution in [2.75, 3.05) is 11.1 Å². The average molecular weight is 273 g/mol. The number of nitrogens with zero attached hydrogens (tertiary/aromatic N) is 2. The van der Waals surface area contributed by atoms with Crippen LogP contribution in [0.15, 0.2) is 36.5 Å². The van der Waals surface area contributed by atoms with Crippen molar-refractivity contribution in [2.45, 2.75) is 0 Å². The molecule has 3 N–H and O–H groups in total. The molecule has 0 aliphatic carbocycles. The SMILES string of the molecule is N#Cc1ccc(Cl)c(NC(=O)c2cccnc2N)c1. The summed E-state index contributed by atoms with van der Waals surface area (Å²) in [6.07, 6.45) is 1.50. The van der Waals surface area contributed by atoms with Crippen LogP contribution >= 0.6 is 11.6 Å². The first-order chi connectivity index (χ1) is 9.11. The number of nitriles is 1. The normalized spacial score (nSPS) is 9.68. The van der Waals surface area contributed by atoms with Crippen LogP contribution in [0.3, 0.4) is 0 Å². The van der Waals surface area contributed by atoms with Crippen LogP contribution in [-0.4, -0.2) is 10.9 Å². The molecule has 6 heteroatoms. The van der Waals surface area contributed by atoms with Crippen LogP contribution in [0.2, 0.25) is 5.02 Å².